The van der Waals surface area contributed by atoms with E-state index in [1.54, 1.807) is 0 Å². The van der Waals surface area contributed by atoms with Crippen LogP contribution in [0.15, 0.2) is 24.3 Å². The summed E-state index contributed by atoms with van der Waals surface area (Å²) in [6.45, 7) is 7.61. The Hall–Kier alpha value is -2.04. The molecule has 5 nitrogen and oxygen atoms in total. The zero-order valence-corrected chi connectivity index (χ0v) is 17.8. The number of esters is 1. The summed E-state index contributed by atoms with van der Waals surface area (Å²) in [5.74, 6) is 0.795. The van der Waals surface area contributed by atoms with E-state index in [2.05, 4.69) is 38.2 Å². The van der Waals surface area contributed by atoms with Gasteiger partial charge in [-0.2, -0.15) is 0 Å². The highest BCUT2D eigenvalue weighted by Crippen LogP contribution is 2.30. The van der Waals surface area contributed by atoms with Gasteiger partial charge in [0, 0.05) is 13.0 Å². The summed E-state index contributed by atoms with van der Waals surface area (Å²) < 4.78 is 10.6. The molecule has 0 spiro atoms. The van der Waals surface area contributed by atoms with Crippen LogP contribution in [0.5, 0.6) is 5.75 Å². The van der Waals surface area contributed by atoms with Crippen molar-refractivity contribution in [1.29, 1.82) is 0 Å². The molecule has 1 aromatic rings. The maximum absolute atomic E-state index is 12.1. The van der Waals surface area contributed by atoms with E-state index in [0.717, 1.165) is 31.4 Å². The van der Waals surface area contributed by atoms with Gasteiger partial charge in [-0.3, -0.25) is 9.59 Å². The number of carbonyl (C=O) groups is 2. The van der Waals surface area contributed by atoms with Crippen LogP contribution in [-0.2, 0) is 19.7 Å². The van der Waals surface area contributed by atoms with Crippen LogP contribution in [-0.4, -0.2) is 32.1 Å². The topological polar surface area (TPSA) is 64.6 Å². The van der Waals surface area contributed by atoms with Crippen LogP contribution in [0.25, 0.3) is 0 Å². The van der Waals surface area contributed by atoms with Crippen molar-refractivity contribution in [3.8, 4) is 5.75 Å². The minimum Gasteiger partial charge on any atom is -0.494 e. The Morgan fingerprint density at radius 1 is 1.11 bits per heavy atom. The van der Waals surface area contributed by atoms with E-state index in [1.807, 2.05) is 12.1 Å². The molecule has 2 atom stereocenters. The third kappa shape index (κ3) is 6.84. The first-order valence-corrected chi connectivity index (χ1v) is 10.4. The Morgan fingerprint density at radius 3 is 2.43 bits per heavy atom. The van der Waals surface area contributed by atoms with Crippen molar-refractivity contribution in [3.05, 3.63) is 29.8 Å². The van der Waals surface area contributed by atoms with Crippen LogP contribution >= 0.6 is 0 Å². The Labute approximate surface area is 169 Å². The number of hydrogen-bond donors (Lipinski definition) is 1. The highest BCUT2D eigenvalue weighted by molar-refractivity contribution is 5.76. The summed E-state index contributed by atoms with van der Waals surface area (Å²) in [5, 5.41) is 2.98. The molecule has 1 N–H and O–H groups in total. The monoisotopic (exact) mass is 389 g/mol. The molecule has 0 radical (unpaired) electrons. The summed E-state index contributed by atoms with van der Waals surface area (Å²) in [6, 6.07) is 8.14. The predicted octanol–water partition coefficient (Wildman–Crippen LogP) is 4.24. The first kappa shape index (κ1) is 22.3. The van der Waals surface area contributed by atoms with Gasteiger partial charge >= 0.3 is 5.97 Å². The summed E-state index contributed by atoms with van der Waals surface area (Å²) in [4.78, 5) is 24.0. The van der Waals surface area contributed by atoms with Crippen molar-refractivity contribution in [2.75, 3.05) is 20.3 Å². The van der Waals surface area contributed by atoms with Gasteiger partial charge in [0.2, 0.25) is 5.91 Å². The molecule has 28 heavy (non-hydrogen) atoms. The SMILES string of the molecule is COC(=O)C1CCCCC1CNC(=O)CCCOc1ccc(C(C)(C)C)cc1. The third-order valence-corrected chi connectivity index (χ3v) is 5.51. The fraction of sp³-hybridized carbons (Fsp3) is 0.652. The van der Waals surface area contributed by atoms with Gasteiger partial charge < -0.3 is 14.8 Å². The Bertz CT molecular complexity index is 633. The van der Waals surface area contributed by atoms with Gasteiger partial charge in [0.1, 0.15) is 5.75 Å². The summed E-state index contributed by atoms with van der Waals surface area (Å²) in [5.41, 5.74) is 1.40. The van der Waals surface area contributed by atoms with Gasteiger partial charge in [0.25, 0.3) is 0 Å². The molecule has 1 amide bonds. The van der Waals surface area contributed by atoms with Gasteiger partial charge in [-0.15, -0.1) is 0 Å². The quantitative estimate of drug-likeness (QED) is 0.533. The first-order valence-electron chi connectivity index (χ1n) is 10.4. The van der Waals surface area contributed by atoms with Crippen molar-refractivity contribution in [2.45, 2.75) is 64.7 Å². The maximum Gasteiger partial charge on any atom is 0.309 e. The number of ether oxygens (including phenoxy) is 2. The second-order valence-corrected chi connectivity index (χ2v) is 8.70. The number of nitrogens with one attached hydrogen (secondary N) is 1. The molecule has 2 rings (SSSR count). The molecule has 5 heteroatoms. The van der Waals surface area contributed by atoms with Gasteiger partial charge in [-0.25, -0.2) is 0 Å². The van der Waals surface area contributed by atoms with E-state index in [0.29, 0.717) is 26.0 Å². The number of rotatable bonds is 8. The predicted molar refractivity (Wildman–Crippen MR) is 110 cm³/mol. The number of amides is 1. The zero-order chi connectivity index (χ0) is 20.6. The highest BCUT2D eigenvalue weighted by atomic mass is 16.5. The number of methoxy groups -OCH3 is 1. The van der Waals surface area contributed by atoms with Crippen LogP contribution < -0.4 is 10.1 Å². The van der Waals surface area contributed by atoms with Gasteiger partial charge in [0.05, 0.1) is 19.6 Å². The number of carbonyl (C=O) groups excluding carboxylic acids is 2. The Kier molecular flexibility index (Phi) is 8.34. The maximum atomic E-state index is 12.1. The van der Waals surface area contributed by atoms with Crippen LogP contribution in [0.2, 0.25) is 0 Å². The van der Waals surface area contributed by atoms with Gasteiger partial charge in [-0.1, -0.05) is 45.7 Å². The second kappa shape index (κ2) is 10.5. The Morgan fingerprint density at radius 2 is 1.79 bits per heavy atom. The second-order valence-electron chi connectivity index (χ2n) is 8.70. The zero-order valence-electron chi connectivity index (χ0n) is 17.8. The molecule has 1 fully saturated rings. The smallest absolute Gasteiger partial charge is 0.309 e. The fourth-order valence-corrected chi connectivity index (χ4v) is 3.72. The highest BCUT2D eigenvalue weighted by Gasteiger charge is 2.31. The first-order chi connectivity index (χ1) is 13.3. The molecule has 1 saturated carbocycles. The van der Waals surface area contributed by atoms with Crippen LogP contribution in [0.1, 0.15) is 64.9 Å². The average Bonchev–Trinajstić information content (AvgIpc) is 2.69. The van der Waals surface area contributed by atoms with Crippen molar-refractivity contribution < 1.29 is 19.1 Å². The van der Waals surface area contributed by atoms with Crippen LogP contribution in [0, 0.1) is 11.8 Å². The third-order valence-electron chi connectivity index (χ3n) is 5.51. The normalized spacial score (nSPS) is 19.7. The molecular weight excluding hydrogens is 354 g/mol. The number of hydrogen-bond acceptors (Lipinski definition) is 4. The Balaban J connectivity index is 1.66. The van der Waals surface area contributed by atoms with E-state index < -0.39 is 0 Å². The van der Waals surface area contributed by atoms with E-state index >= 15 is 0 Å². The molecule has 0 saturated heterocycles. The summed E-state index contributed by atoms with van der Waals surface area (Å²) in [7, 11) is 1.43. The van der Waals surface area contributed by atoms with Gasteiger partial charge in [-0.05, 0) is 48.3 Å². The lowest BCUT2D eigenvalue weighted by Gasteiger charge is -2.29. The van der Waals surface area contributed by atoms with E-state index in [4.69, 9.17) is 9.47 Å². The van der Waals surface area contributed by atoms with E-state index in [1.165, 1.54) is 12.7 Å². The van der Waals surface area contributed by atoms with E-state index in [-0.39, 0.29) is 29.1 Å². The summed E-state index contributed by atoms with van der Waals surface area (Å²) >= 11 is 0. The average molecular weight is 390 g/mol. The van der Waals surface area contributed by atoms with Crippen molar-refractivity contribution >= 4 is 11.9 Å². The minimum absolute atomic E-state index is 0.0147. The molecule has 1 aromatic carbocycles. The molecule has 2 unspecified atom stereocenters. The van der Waals surface area contributed by atoms with Crippen LogP contribution in [0.3, 0.4) is 0 Å². The van der Waals surface area contributed by atoms with Crippen molar-refractivity contribution in [1.82, 2.24) is 5.32 Å². The molecule has 0 heterocycles. The van der Waals surface area contributed by atoms with Crippen molar-refractivity contribution in [2.24, 2.45) is 11.8 Å². The lowest BCUT2D eigenvalue weighted by Crippen LogP contribution is -2.37. The fourth-order valence-electron chi connectivity index (χ4n) is 3.72. The largest absolute Gasteiger partial charge is 0.494 e. The minimum atomic E-state index is -0.148. The lowest BCUT2D eigenvalue weighted by atomic mass is 9.79. The molecular formula is C23H35NO4. The molecule has 156 valence electrons. The van der Waals surface area contributed by atoms with Crippen LogP contribution in [0.4, 0.5) is 0 Å². The molecule has 0 bridgehead atoms. The van der Waals surface area contributed by atoms with Crippen molar-refractivity contribution in [3.63, 3.8) is 0 Å². The summed E-state index contributed by atoms with van der Waals surface area (Å²) in [6.07, 6.45) is 5.07. The molecule has 0 aromatic heterocycles. The number of benzene rings is 1. The molecule has 1 aliphatic rings. The van der Waals surface area contributed by atoms with Gasteiger partial charge in [0.15, 0.2) is 0 Å². The van der Waals surface area contributed by atoms with E-state index in [9.17, 15) is 9.59 Å². The molecule has 0 aliphatic heterocycles. The lowest BCUT2D eigenvalue weighted by molar-refractivity contribution is -0.148. The molecule has 1 aliphatic carbocycles. The standard InChI is InChI=1S/C23H35NO4/c1-23(2,3)18-11-13-19(14-12-18)28-15-7-10-21(25)24-16-17-8-5-6-9-20(17)22(26)27-4/h11-14,17,20H,5-10,15-16H2,1-4H3,(H,24,25).